The van der Waals surface area contributed by atoms with E-state index in [1.54, 1.807) is 26.4 Å². The summed E-state index contributed by atoms with van der Waals surface area (Å²) >= 11 is 1.50. The van der Waals surface area contributed by atoms with E-state index in [4.69, 9.17) is 11.5 Å². The molecule has 0 saturated heterocycles. The minimum absolute atomic E-state index is 0.0529. The van der Waals surface area contributed by atoms with E-state index in [1.165, 1.54) is 16.2 Å². The Morgan fingerprint density at radius 2 is 2.12 bits per heavy atom. The normalized spacial score (nSPS) is 17.2. The van der Waals surface area contributed by atoms with Gasteiger partial charge in [-0.15, -0.1) is 17.3 Å². The first-order valence-electron chi connectivity index (χ1n) is 7.36. The van der Waals surface area contributed by atoms with Crippen molar-refractivity contribution in [1.82, 2.24) is 9.88 Å². The molecule has 2 aromatic rings. The minimum atomic E-state index is -0.290. The number of amides is 1. The Morgan fingerprint density at radius 1 is 1.33 bits per heavy atom. The van der Waals surface area contributed by atoms with Crippen LogP contribution in [0.4, 0.5) is 5.69 Å². The van der Waals surface area contributed by atoms with Crippen molar-refractivity contribution in [2.24, 2.45) is 10.7 Å². The molecule has 4 N–H and O–H groups in total. The minimum Gasteiger partial charge on any atom is -0.398 e. The van der Waals surface area contributed by atoms with Crippen LogP contribution >= 0.6 is 11.3 Å². The van der Waals surface area contributed by atoms with Crippen LogP contribution in [0.5, 0.6) is 0 Å². The number of hydrogen-bond donors (Lipinski definition) is 2. The lowest BCUT2D eigenvalue weighted by Crippen LogP contribution is -2.42. The number of thiophene rings is 1. The van der Waals surface area contributed by atoms with Crippen LogP contribution in [0.2, 0.25) is 0 Å². The average Bonchev–Trinajstić information content (AvgIpc) is 2.95. The first kappa shape index (κ1) is 16.0. The van der Waals surface area contributed by atoms with Gasteiger partial charge >= 0.3 is 0 Å². The molecule has 0 bridgehead atoms. The van der Waals surface area contributed by atoms with Crippen molar-refractivity contribution >= 4 is 28.9 Å². The molecule has 3 rings (SSSR count). The number of hydrogen-bond acceptors (Lipinski definition) is 6. The lowest BCUT2D eigenvalue weighted by molar-refractivity contribution is -0.127. The highest BCUT2D eigenvalue weighted by Gasteiger charge is 2.27. The number of rotatable bonds is 2. The van der Waals surface area contributed by atoms with Crippen LogP contribution in [0.15, 0.2) is 29.5 Å². The standard InChI is InChI=1S/C17H17N5OS/c1-3-4-10-5-11(9-20-8-10)16-12(18)6-14(24-16)13-7-15(23)22(2)17(19)21-13/h5-6,8-9,13H,7,18H2,1-2H3,(H2,19,21). The van der Waals surface area contributed by atoms with Crippen LogP contribution in [-0.4, -0.2) is 28.8 Å². The van der Waals surface area contributed by atoms with E-state index in [0.717, 1.165) is 20.9 Å². The number of aliphatic imine (C=N–C) groups is 1. The maximum Gasteiger partial charge on any atom is 0.231 e. The Morgan fingerprint density at radius 3 is 2.83 bits per heavy atom. The number of nitrogens with two attached hydrogens (primary N) is 2. The Kier molecular flexibility index (Phi) is 4.23. The van der Waals surface area contributed by atoms with Gasteiger partial charge in [-0.1, -0.05) is 5.92 Å². The maximum atomic E-state index is 12.0. The molecule has 0 aromatic carbocycles. The summed E-state index contributed by atoms with van der Waals surface area (Å²) in [6, 6.07) is 3.52. The highest BCUT2D eigenvalue weighted by Crippen LogP contribution is 2.40. The van der Waals surface area contributed by atoms with Gasteiger partial charge < -0.3 is 11.5 Å². The van der Waals surface area contributed by atoms with E-state index in [1.807, 2.05) is 12.1 Å². The molecule has 1 atom stereocenters. The molecule has 0 saturated carbocycles. The van der Waals surface area contributed by atoms with Crippen LogP contribution in [0.25, 0.3) is 10.4 Å². The van der Waals surface area contributed by atoms with Crippen LogP contribution < -0.4 is 11.5 Å². The van der Waals surface area contributed by atoms with Crippen LogP contribution in [0.3, 0.4) is 0 Å². The van der Waals surface area contributed by atoms with E-state index in [0.29, 0.717) is 5.69 Å². The molecule has 0 fully saturated rings. The van der Waals surface area contributed by atoms with Gasteiger partial charge in [0.05, 0.1) is 23.0 Å². The lowest BCUT2D eigenvalue weighted by Gasteiger charge is -2.24. The molecule has 6 nitrogen and oxygen atoms in total. The molecule has 122 valence electrons. The van der Waals surface area contributed by atoms with E-state index in [9.17, 15) is 4.79 Å². The van der Waals surface area contributed by atoms with Gasteiger partial charge in [-0.25, -0.2) is 4.99 Å². The van der Waals surface area contributed by atoms with Crippen molar-refractivity contribution in [1.29, 1.82) is 0 Å². The van der Waals surface area contributed by atoms with Crippen LogP contribution in [-0.2, 0) is 4.79 Å². The summed E-state index contributed by atoms with van der Waals surface area (Å²) in [5, 5.41) is 0. The summed E-state index contributed by atoms with van der Waals surface area (Å²) in [6.45, 7) is 1.78. The number of carbonyl (C=O) groups excluding carboxylic acids is 1. The highest BCUT2D eigenvalue weighted by atomic mass is 32.1. The predicted octanol–water partition coefficient (Wildman–Crippen LogP) is 1.98. The number of pyridine rings is 1. The summed E-state index contributed by atoms with van der Waals surface area (Å²) in [7, 11) is 1.62. The quantitative estimate of drug-likeness (QED) is 0.818. The Bertz CT molecular complexity index is 890. The maximum absolute atomic E-state index is 12.0. The fraction of sp³-hybridized carbons (Fsp3) is 0.235. The number of carbonyl (C=O) groups is 1. The molecular formula is C17H17N5OS. The molecule has 1 amide bonds. The third-order valence-corrected chi connectivity index (χ3v) is 5.05. The number of anilines is 1. The fourth-order valence-corrected chi connectivity index (χ4v) is 3.58. The van der Waals surface area contributed by atoms with Gasteiger partial charge in [-0.2, -0.15) is 0 Å². The third kappa shape index (κ3) is 2.96. The number of guanidine groups is 1. The van der Waals surface area contributed by atoms with Gasteiger partial charge in [-0.05, 0) is 19.1 Å². The van der Waals surface area contributed by atoms with E-state index < -0.39 is 0 Å². The molecular weight excluding hydrogens is 322 g/mol. The molecule has 0 radical (unpaired) electrons. The smallest absolute Gasteiger partial charge is 0.231 e. The molecule has 0 aliphatic carbocycles. The van der Waals surface area contributed by atoms with Gasteiger partial charge in [0.15, 0.2) is 5.96 Å². The molecule has 7 heteroatoms. The predicted molar refractivity (Wildman–Crippen MR) is 96.3 cm³/mol. The van der Waals surface area contributed by atoms with E-state index in [-0.39, 0.29) is 24.3 Å². The molecule has 1 aliphatic rings. The van der Waals surface area contributed by atoms with Crippen LogP contribution in [0, 0.1) is 11.8 Å². The molecule has 24 heavy (non-hydrogen) atoms. The van der Waals surface area contributed by atoms with Crippen molar-refractivity contribution < 1.29 is 4.79 Å². The fourth-order valence-electron chi connectivity index (χ4n) is 2.48. The summed E-state index contributed by atoms with van der Waals surface area (Å²) in [5.41, 5.74) is 14.4. The van der Waals surface area contributed by atoms with Crippen LogP contribution in [0.1, 0.15) is 29.8 Å². The van der Waals surface area contributed by atoms with Crippen molar-refractivity contribution in [3.8, 4) is 22.3 Å². The second kappa shape index (κ2) is 6.34. The highest BCUT2D eigenvalue weighted by molar-refractivity contribution is 7.16. The molecule has 1 unspecified atom stereocenters. The van der Waals surface area contributed by atoms with Crippen molar-refractivity contribution in [2.75, 3.05) is 12.8 Å². The number of aromatic nitrogens is 1. The SMILES string of the molecule is CC#Cc1cncc(-c2sc(C3CC(=O)N(C)C(N)=N3)cc2N)c1. The lowest BCUT2D eigenvalue weighted by atomic mass is 10.1. The zero-order valence-corrected chi connectivity index (χ0v) is 14.2. The van der Waals surface area contributed by atoms with E-state index >= 15 is 0 Å². The molecule has 2 aromatic heterocycles. The first-order chi connectivity index (χ1) is 11.5. The average molecular weight is 339 g/mol. The van der Waals surface area contributed by atoms with Crippen molar-refractivity contribution in [2.45, 2.75) is 19.4 Å². The number of nitrogen functional groups attached to an aromatic ring is 1. The van der Waals surface area contributed by atoms with Gasteiger partial charge in [0.2, 0.25) is 5.91 Å². The summed E-state index contributed by atoms with van der Waals surface area (Å²) in [4.78, 5) is 23.8. The summed E-state index contributed by atoms with van der Waals surface area (Å²) in [5.74, 6) is 6.02. The summed E-state index contributed by atoms with van der Waals surface area (Å²) in [6.07, 6.45) is 3.76. The Labute approximate surface area is 144 Å². The van der Waals surface area contributed by atoms with Gasteiger partial charge in [0, 0.05) is 35.4 Å². The van der Waals surface area contributed by atoms with Crippen molar-refractivity contribution in [3.05, 3.63) is 35.0 Å². The zero-order valence-electron chi connectivity index (χ0n) is 13.4. The number of nitrogens with zero attached hydrogens (tertiary/aromatic N) is 3. The first-order valence-corrected chi connectivity index (χ1v) is 8.18. The molecule has 0 spiro atoms. The monoisotopic (exact) mass is 339 g/mol. The van der Waals surface area contributed by atoms with Crippen molar-refractivity contribution in [3.63, 3.8) is 0 Å². The second-order valence-corrected chi connectivity index (χ2v) is 6.51. The second-order valence-electron chi connectivity index (χ2n) is 5.43. The van der Waals surface area contributed by atoms with Gasteiger partial charge in [0.25, 0.3) is 0 Å². The third-order valence-electron chi connectivity index (χ3n) is 3.75. The van der Waals surface area contributed by atoms with Gasteiger partial charge in [0.1, 0.15) is 0 Å². The summed E-state index contributed by atoms with van der Waals surface area (Å²) < 4.78 is 0. The zero-order chi connectivity index (χ0) is 17.3. The Balaban J connectivity index is 1.98. The Hall–Kier alpha value is -2.85. The van der Waals surface area contributed by atoms with E-state index in [2.05, 4.69) is 21.8 Å². The molecule has 1 aliphatic heterocycles. The topological polar surface area (TPSA) is 97.6 Å². The largest absolute Gasteiger partial charge is 0.398 e. The van der Waals surface area contributed by atoms with Gasteiger partial charge in [-0.3, -0.25) is 14.7 Å². The molecule has 3 heterocycles.